The molecule has 2 saturated heterocycles. The second-order valence-corrected chi connectivity index (χ2v) is 5.42. The molecule has 2 aliphatic rings. The normalized spacial score (nSPS) is 34.7. The predicted molar refractivity (Wildman–Crippen MR) is 66.5 cm³/mol. The lowest BCUT2D eigenvalue weighted by molar-refractivity contribution is -0.142. The zero-order valence-corrected chi connectivity index (χ0v) is 10.7. The molecular weight excluding hydrogens is 216 g/mol. The number of rotatable bonds is 2. The van der Waals surface area contributed by atoms with E-state index in [4.69, 9.17) is 10.5 Å². The van der Waals surface area contributed by atoms with Crippen LogP contribution in [0.25, 0.3) is 0 Å². The van der Waals surface area contributed by atoms with Gasteiger partial charge in [0.15, 0.2) is 0 Å². The zero-order chi connectivity index (χ0) is 12.3. The predicted octanol–water partition coefficient (Wildman–Crippen LogP) is 1.14. The van der Waals surface area contributed by atoms with Gasteiger partial charge in [-0.3, -0.25) is 4.79 Å². The lowest BCUT2D eigenvalue weighted by Gasteiger charge is -2.24. The largest absolute Gasteiger partial charge is 0.364 e. The van der Waals surface area contributed by atoms with Crippen LogP contribution in [-0.4, -0.2) is 42.6 Å². The summed E-state index contributed by atoms with van der Waals surface area (Å²) in [7, 11) is 0. The minimum absolute atomic E-state index is 0.0925. The van der Waals surface area contributed by atoms with Gasteiger partial charge in [-0.2, -0.15) is 0 Å². The number of likely N-dealkylation sites (tertiary alicyclic amines) is 1. The van der Waals surface area contributed by atoms with Gasteiger partial charge in [0.25, 0.3) is 5.91 Å². The Labute approximate surface area is 103 Å². The lowest BCUT2D eigenvalue weighted by Crippen LogP contribution is -2.40. The van der Waals surface area contributed by atoms with E-state index in [1.54, 1.807) is 0 Å². The van der Waals surface area contributed by atoms with Crippen molar-refractivity contribution in [2.24, 2.45) is 11.7 Å². The molecule has 0 saturated carbocycles. The van der Waals surface area contributed by atoms with E-state index in [-0.39, 0.29) is 18.1 Å². The molecule has 2 heterocycles. The molecular formula is C13H24N2O2. The van der Waals surface area contributed by atoms with Crippen LogP contribution in [0.5, 0.6) is 0 Å². The Morgan fingerprint density at radius 1 is 1.29 bits per heavy atom. The van der Waals surface area contributed by atoms with E-state index in [1.165, 1.54) is 6.42 Å². The van der Waals surface area contributed by atoms with E-state index in [0.717, 1.165) is 44.7 Å². The number of carbonyl (C=O) groups excluding carboxylic acids is 1. The van der Waals surface area contributed by atoms with Gasteiger partial charge in [0.05, 0.1) is 6.10 Å². The summed E-state index contributed by atoms with van der Waals surface area (Å²) in [5.74, 6) is 0.934. The van der Waals surface area contributed by atoms with E-state index < -0.39 is 0 Å². The molecule has 98 valence electrons. The van der Waals surface area contributed by atoms with Crippen LogP contribution < -0.4 is 5.73 Å². The highest BCUT2D eigenvalue weighted by molar-refractivity contribution is 5.81. The fraction of sp³-hybridized carbons (Fsp3) is 0.923. The Bertz CT molecular complexity index is 270. The van der Waals surface area contributed by atoms with Gasteiger partial charge in [0.1, 0.15) is 6.10 Å². The number of hydrogen-bond acceptors (Lipinski definition) is 3. The first kappa shape index (κ1) is 12.8. The van der Waals surface area contributed by atoms with E-state index in [1.807, 2.05) is 4.90 Å². The smallest absolute Gasteiger partial charge is 0.251 e. The highest BCUT2D eigenvalue weighted by atomic mass is 16.5. The molecule has 3 atom stereocenters. The molecule has 0 aromatic carbocycles. The fourth-order valence-corrected chi connectivity index (χ4v) is 2.75. The monoisotopic (exact) mass is 240 g/mol. The van der Waals surface area contributed by atoms with Crippen molar-refractivity contribution in [2.45, 2.75) is 51.2 Å². The van der Waals surface area contributed by atoms with Crippen molar-refractivity contribution in [3.8, 4) is 0 Å². The Hall–Kier alpha value is -0.610. The van der Waals surface area contributed by atoms with Crippen molar-refractivity contribution in [3.63, 3.8) is 0 Å². The van der Waals surface area contributed by atoms with Crippen LogP contribution >= 0.6 is 0 Å². The number of nitrogens with zero attached hydrogens (tertiary/aromatic N) is 1. The number of amides is 1. The molecule has 0 aromatic heterocycles. The third kappa shape index (κ3) is 3.19. The molecule has 4 heteroatoms. The summed E-state index contributed by atoms with van der Waals surface area (Å²) < 4.78 is 5.68. The maximum atomic E-state index is 12.3. The van der Waals surface area contributed by atoms with Crippen LogP contribution in [0.3, 0.4) is 0 Å². The van der Waals surface area contributed by atoms with Crippen molar-refractivity contribution in [1.82, 2.24) is 4.90 Å². The molecule has 1 amide bonds. The van der Waals surface area contributed by atoms with Gasteiger partial charge in [-0.05, 0) is 38.0 Å². The molecule has 0 radical (unpaired) electrons. The summed E-state index contributed by atoms with van der Waals surface area (Å²) in [5.41, 5.74) is 5.57. The van der Waals surface area contributed by atoms with Gasteiger partial charge in [-0.15, -0.1) is 0 Å². The van der Waals surface area contributed by atoms with Crippen LogP contribution in [0.15, 0.2) is 0 Å². The van der Waals surface area contributed by atoms with Gasteiger partial charge >= 0.3 is 0 Å². The summed E-state index contributed by atoms with van der Waals surface area (Å²) in [4.78, 5) is 14.3. The molecule has 17 heavy (non-hydrogen) atoms. The molecule has 2 fully saturated rings. The minimum atomic E-state index is -0.225. The van der Waals surface area contributed by atoms with E-state index in [2.05, 4.69) is 6.92 Å². The van der Waals surface area contributed by atoms with Crippen LogP contribution in [0.4, 0.5) is 0 Å². The molecule has 4 nitrogen and oxygen atoms in total. The topological polar surface area (TPSA) is 55.6 Å². The van der Waals surface area contributed by atoms with Gasteiger partial charge < -0.3 is 15.4 Å². The van der Waals surface area contributed by atoms with Crippen molar-refractivity contribution in [3.05, 3.63) is 0 Å². The summed E-state index contributed by atoms with van der Waals surface area (Å²) in [6.07, 6.45) is 5.12. The van der Waals surface area contributed by atoms with Crippen LogP contribution in [0, 0.1) is 5.92 Å². The standard InChI is InChI=1S/C13H24N2O2/c1-10-3-2-7-15(8-6-10)13(16)12-5-4-11(9-14)17-12/h10-12H,2-9,14H2,1H3. The van der Waals surface area contributed by atoms with Crippen LogP contribution in [0.2, 0.25) is 0 Å². The third-order valence-corrected chi connectivity index (χ3v) is 3.97. The first-order valence-corrected chi connectivity index (χ1v) is 6.85. The van der Waals surface area contributed by atoms with Crippen LogP contribution in [-0.2, 0) is 9.53 Å². The quantitative estimate of drug-likeness (QED) is 0.787. The number of carbonyl (C=O) groups is 1. The first-order chi connectivity index (χ1) is 8.20. The highest BCUT2D eigenvalue weighted by Crippen LogP contribution is 2.23. The summed E-state index contributed by atoms with van der Waals surface area (Å²) in [5, 5.41) is 0. The van der Waals surface area contributed by atoms with E-state index >= 15 is 0 Å². The Morgan fingerprint density at radius 3 is 2.82 bits per heavy atom. The molecule has 0 bridgehead atoms. The maximum absolute atomic E-state index is 12.3. The second kappa shape index (κ2) is 5.83. The van der Waals surface area contributed by atoms with Crippen molar-refractivity contribution in [2.75, 3.05) is 19.6 Å². The van der Waals surface area contributed by atoms with E-state index in [0.29, 0.717) is 6.54 Å². The minimum Gasteiger partial charge on any atom is -0.364 e. The van der Waals surface area contributed by atoms with Crippen molar-refractivity contribution in [1.29, 1.82) is 0 Å². The molecule has 0 spiro atoms. The van der Waals surface area contributed by atoms with Gasteiger partial charge in [0, 0.05) is 19.6 Å². The Morgan fingerprint density at radius 2 is 2.12 bits per heavy atom. The number of hydrogen-bond donors (Lipinski definition) is 1. The SMILES string of the molecule is CC1CCCN(C(=O)C2CCC(CN)O2)CC1. The number of nitrogens with two attached hydrogens (primary N) is 1. The summed E-state index contributed by atoms with van der Waals surface area (Å²) >= 11 is 0. The highest BCUT2D eigenvalue weighted by Gasteiger charge is 2.33. The third-order valence-electron chi connectivity index (χ3n) is 3.97. The van der Waals surface area contributed by atoms with Crippen molar-refractivity contribution >= 4 is 5.91 Å². The molecule has 0 aliphatic carbocycles. The van der Waals surface area contributed by atoms with Gasteiger partial charge in [-0.1, -0.05) is 6.92 Å². The molecule has 0 aromatic rings. The lowest BCUT2D eigenvalue weighted by atomic mass is 10.0. The van der Waals surface area contributed by atoms with Crippen LogP contribution in [0.1, 0.15) is 39.0 Å². The zero-order valence-electron chi connectivity index (χ0n) is 10.7. The first-order valence-electron chi connectivity index (χ1n) is 6.85. The van der Waals surface area contributed by atoms with Gasteiger partial charge in [0.2, 0.25) is 0 Å². The fourth-order valence-electron chi connectivity index (χ4n) is 2.75. The van der Waals surface area contributed by atoms with Crippen molar-refractivity contribution < 1.29 is 9.53 Å². The molecule has 2 N–H and O–H groups in total. The number of ether oxygens (including phenoxy) is 1. The van der Waals surface area contributed by atoms with Gasteiger partial charge in [-0.25, -0.2) is 0 Å². The second-order valence-electron chi connectivity index (χ2n) is 5.42. The summed E-state index contributed by atoms with van der Waals surface area (Å²) in [6, 6.07) is 0. The molecule has 3 unspecified atom stereocenters. The maximum Gasteiger partial charge on any atom is 0.251 e. The Kier molecular flexibility index (Phi) is 4.40. The average Bonchev–Trinajstić information content (AvgIpc) is 2.71. The Balaban J connectivity index is 1.87. The summed E-state index contributed by atoms with van der Waals surface area (Å²) in [6.45, 7) is 4.59. The van der Waals surface area contributed by atoms with E-state index in [9.17, 15) is 4.79 Å². The average molecular weight is 240 g/mol. The molecule has 2 aliphatic heterocycles. The molecule has 2 rings (SSSR count).